The summed E-state index contributed by atoms with van der Waals surface area (Å²) in [4.78, 5) is 17.7. The minimum absolute atomic E-state index is 0.246. The van der Waals surface area contributed by atoms with Crippen LogP contribution in [-0.2, 0) is 13.6 Å². The van der Waals surface area contributed by atoms with Crippen molar-refractivity contribution in [3.63, 3.8) is 0 Å². The Morgan fingerprint density at radius 3 is 2.52 bits per heavy atom. The van der Waals surface area contributed by atoms with Gasteiger partial charge in [0.2, 0.25) is 0 Å². The third-order valence-corrected chi connectivity index (χ3v) is 5.18. The molecule has 2 aromatic heterocycles. The Morgan fingerprint density at radius 1 is 1.22 bits per heavy atom. The molecule has 0 radical (unpaired) electrons. The van der Waals surface area contributed by atoms with E-state index >= 15 is 0 Å². The quantitative estimate of drug-likeness (QED) is 0.726. The lowest BCUT2D eigenvalue weighted by molar-refractivity contribution is 0.0988. The molecule has 0 saturated carbocycles. The third kappa shape index (κ3) is 2.63. The van der Waals surface area contributed by atoms with Gasteiger partial charge in [-0.15, -0.1) is 0 Å². The van der Waals surface area contributed by atoms with E-state index in [2.05, 4.69) is 47.6 Å². The minimum atomic E-state index is -0.246. The lowest BCUT2D eigenvalue weighted by atomic mass is 10.1. The fourth-order valence-electron chi connectivity index (χ4n) is 2.71. The standard InChI is InChI=1S/C17H20N4OS/c1-6-21-13-7-10(2)11(3)8-14(13)23-17(21)19-16(22)15-12(4)9-18-20(15)5/h7-9H,6H2,1-5H3. The highest BCUT2D eigenvalue weighted by molar-refractivity contribution is 7.16. The van der Waals surface area contributed by atoms with Gasteiger partial charge >= 0.3 is 0 Å². The van der Waals surface area contributed by atoms with E-state index in [4.69, 9.17) is 0 Å². The zero-order chi connectivity index (χ0) is 16.7. The van der Waals surface area contributed by atoms with Gasteiger partial charge in [-0.25, -0.2) is 0 Å². The van der Waals surface area contributed by atoms with Gasteiger partial charge in [0.15, 0.2) is 4.80 Å². The normalized spacial score (nSPS) is 12.3. The van der Waals surface area contributed by atoms with Gasteiger partial charge in [0.25, 0.3) is 5.91 Å². The molecule has 6 heteroatoms. The lowest BCUT2D eigenvalue weighted by Crippen LogP contribution is -2.17. The van der Waals surface area contributed by atoms with E-state index < -0.39 is 0 Å². The fraction of sp³-hybridized carbons (Fsp3) is 0.353. The van der Waals surface area contributed by atoms with E-state index in [0.717, 1.165) is 27.1 Å². The zero-order valence-electron chi connectivity index (χ0n) is 14.0. The van der Waals surface area contributed by atoms with Crippen LogP contribution in [0.2, 0.25) is 0 Å². The van der Waals surface area contributed by atoms with Crippen LogP contribution in [0.4, 0.5) is 0 Å². The first kappa shape index (κ1) is 15.7. The molecule has 3 rings (SSSR count). The number of amides is 1. The second-order valence-electron chi connectivity index (χ2n) is 5.75. The Labute approximate surface area is 138 Å². The Morgan fingerprint density at radius 2 is 1.91 bits per heavy atom. The molecule has 0 fully saturated rings. The van der Waals surface area contributed by atoms with Gasteiger partial charge in [-0.3, -0.25) is 9.48 Å². The number of aromatic nitrogens is 3. The number of fused-ring (bicyclic) bond motifs is 1. The molecule has 0 atom stereocenters. The second-order valence-corrected chi connectivity index (χ2v) is 6.76. The van der Waals surface area contributed by atoms with Gasteiger partial charge in [-0.05, 0) is 51.0 Å². The first-order valence-corrected chi connectivity index (χ1v) is 8.42. The van der Waals surface area contributed by atoms with Crippen molar-refractivity contribution in [1.82, 2.24) is 14.3 Å². The van der Waals surface area contributed by atoms with E-state index in [1.807, 2.05) is 6.92 Å². The monoisotopic (exact) mass is 328 g/mol. The van der Waals surface area contributed by atoms with Gasteiger partial charge in [-0.1, -0.05) is 11.3 Å². The summed E-state index contributed by atoms with van der Waals surface area (Å²) in [6.07, 6.45) is 1.69. The molecule has 3 aromatic rings. The molecule has 120 valence electrons. The largest absolute Gasteiger partial charge is 0.317 e. The first-order chi connectivity index (χ1) is 10.9. The molecular formula is C17H20N4OS. The van der Waals surface area contributed by atoms with E-state index in [0.29, 0.717) is 5.69 Å². The number of benzene rings is 1. The van der Waals surface area contributed by atoms with E-state index in [1.54, 1.807) is 29.3 Å². The number of carbonyl (C=O) groups is 1. The molecule has 0 bridgehead atoms. The van der Waals surface area contributed by atoms with Crippen molar-refractivity contribution in [2.45, 2.75) is 34.2 Å². The van der Waals surface area contributed by atoms with Crippen LogP contribution < -0.4 is 4.80 Å². The Hall–Kier alpha value is -2.21. The molecule has 5 nitrogen and oxygen atoms in total. The number of carbonyl (C=O) groups excluding carboxylic acids is 1. The van der Waals surface area contributed by atoms with E-state index in [-0.39, 0.29) is 5.91 Å². The molecule has 0 N–H and O–H groups in total. The number of nitrogens with zero attached hydrogens (tertiary/aromatic N) is 4. The van der Waals surface area contributed by atoms with Crippen molar-refractivity contribution in [2.24, 2.45) is 12.0 Å². The summed E-state index contributed by atoms with van der Waals surface area (Å²) in [5, 5.41) is 4.12. The van der Waals surface area contributed by atoms with Gasteiger partial charge in [0.05, 0.1) is 16.4 Å². The van der Waals surface area contributed by atoms with Crippen LogP contribution in [0.3, 0.4) is 0 Å². The van der Waals surface area contributed by atoms with Crippen LogP contribution in [0.15, 0.2) is 23.3 Å². The summed E-state index contributed by atoms with van der Waals surface area (Å²) < 4.78 is 4.83. The van der Waals surface area contributed by atoms with Crippen molar-refractivity contribution in [3.05, 3.63) is 45.5 Å². The Balaban J connectivity index is 2.21. The molecule has 23 heavy (non-hydrogen) atoms. The van der Waals surface area contributed by atoms with Crippen molar-refractivity contribution < 1.29 is 4.79 Å². The van der Waals surface area contributed by atoms with Crippen LogP contribution in [0.5, 0.6) is 0 Å². The summed E-state index contributed by atoms with van der Waals surface area (Å²) in [5.41, 5.74) is 5.02. The molecule has 0 aliphatic rings. The van der Waals surface area contributed by atoms with Gasteiger partial charge in [0, 0.05) is 19.2 Å². The highest BCUT2D eigenvalue weighted by Gasteiger charge is 2.14. The minimum Gasteiger partial charge on any atom is -0.317 e. The Bertz CT molecular complexity index is 955. The molecule has 0 spiro atoms. The second kappa shape index (κ2) is 5.77. The number of hydrogen-bond donors (Lipinski definition) is 0. The van der Waals surface area contributed by atoms with Gasteiger partial charge < -0.3 is 4.57 Å². The first-order valence-electron chi connectivity index (χ1n) is 7.60. The molecule has 0 unspecified atom stereocenters. The highest BCUT2D eigenvalue weighted by Crippen LogP contribution is 2.22. The number of rotatable bonds is 2. The maximum atomic E-state index is 12.6. The molecular weight excluding hydrogens is 308 g/mol. The topological polar surface area (TPSA) is 52.2 Å². The predicted molar refractivity (Wildman–Crippen MR) is 92.8 cm³/mol. The molecule has 1 amide bonds. The van der Waals surface area contributed by atoms with Crippen LogP contribution in [-0.4, -0.2) is 20.3 Å². The number of aryl methyl sites for hydroxylation is 5. The molecule has 0 aliphatic carbocycles. The predicted octanol–water partition coefficient (Wildman–Crippen LogP) is 3.12. The zero-order valence-corrected chi connectivity index (χ0v) is 14.9. The third-order valence-electron chi connectivity index (χ3n) is 4.14. The van der Waals surface area contributed by atoms with E-state index in [9.17, 15) is 4.79 Å². The maximum Gasteiger partial charge on any atom is 0.298 e. The summed E-state index contributed by atoms with van der Waals surface area (Å²) in [7, 11) is 1.77. The molecule has 0 saturated heterocycles. The summed E-state index contributed by atoms with van der Waals surface area (Å²) in [6, 6.07) is 4.34. The summed E-state index contributed by atoms with van der Waals surface area (Å²) >= 11 is 1.55. The van der Waals surface area contributed by atoms with Crippen LogP contribution in [0, 0.1) is 20.8 Å². The summed E-state index contributed by atoms with van der Waals surface area (Å²) in [6.45, 7) is 8.93. The average molecular weight is 328 g/mol. The maximum absolute atomic E-state index is 12.6. The van der Waals surface area contributed by atoms with Crippen LogP contribution >= 0.6 is 11.3 Å². The molecule has 1 aromatic carbocycles. The van der Waals surface area contributed by atoms with Gasteiger partial charge in [-0.2, -0.15) is 10.1 Å². The smallest absolute Gasteiger partial charge is 0.298 e. The fourth-order valence-corrected chi connectivity index (χ4v) is 3.88. The van der Waals surface area contributed by atoms with Gasteiger partial charge in [0.1, 0.15) is 5.69 Å². The van der Waals surface area contributed by atoms with Crippen LogP contribution in [0.25, 0.3) is 10.2 Å². The van der Waals surface area contributed by atoms with Crippen molar-refractivity contribution in [2.75, 3.05) is 0 Å². The SMILES string of the molecule is CCn1c(=NC(=O)c2c(C)cnn2C)sc2cc(C)c(C)cc21. The van der Waals surface area contributed by atoms with Crippen LogP contribution in [0.1, 0.15) is 34.1 Å². The summed E-state index contributed by atoms with van der Waals surface area (Å²) in [5.74, 6) is -0.246. The van der Waals surface area contributed by atoms with Crippen molar-refractivity contribution in [1.29, 1.82) is 0 Å². The highest BCUT2D eigenvalue weighted by atomic mass is 32.1. The number of thiazole rings is 1. The van der Waals surface area contributed by atoms with Crippen molar-refractivity contribution in [3.8, 4) is 0 Å². The average Bonchev–Trinajstić information content (AvgIpc) is 2.99. The Kier molecular flexibility index (Phi) is 3.93. The molecule has 2 heterocycles. The van der Waals surface area contributed by atoms with E-state index in [1.165, 1.54) is 11.1 Å². The lowest BCUT2D eigenvalue weighted by Gasteiger charge is -2.03. The van der Waals surface area contributed by atoms with Crippen molar-refractivity contribution >= 4 is 27.5 Å². The number of hydrogen-bond acceptors (Lipinski definition) is 3. The molecule has 0 aliphatic heterocycles.